The molecule has 1 fully saturated rings. The Bertz CT molecular complexity index is 353. The van der Waals surface area contributed by atoms with Gasteiger partial charge in [-0.2, -0.15) is 0 Å². The molecule has 0 radical (unpaired) electrons. The van der Waals surface area contributed by atoms with E-state index in [0.717, 1.165) is 31.5 Å². The maximum absolute atomic E-state index is 13.1. The van der Waals surface area contributed by atoms with E-state index in [9.17, 15) is 4.39 Å². The molecule has 1 aliphatic heterocycles. The van der Waals surface area contributed by atoms with Crippen molar-refractivity contribution in [2.75, 3.05) is 13.1 Å². The van der Waals surface area contributed by atoms with Gasteiger partial charge >= 0.3 is 0 Å². The Hall–Kier alpha value is -0.640. The van der Waals surface area contributed by atoms with Crippen molar-refractivity contribution in [3.05, 3.63) is 34.6 Å². The first kappa shape index (κ1) is 11.8. The summed E-state index contributed by atoms with van der Waals surface area (Å²) in [4.78, 5) is 0. The van der Waals surface area contributed by atoms with Crippen molar-refractivity contribution >= 4 is 11.6 Å². The second kappa shape index (κ2) is 5.62. The van der Waals surface area contributed by atoms with Crippen molar-refractivity contribution in [2.24, 2.45) is 0 Å². The van der Waals surface area contributed by atoms with Crippen molar-refractivity contribution < 1.29 is 9.13 Å². The van der Waals surface area contributed by atoms with Gasteiger partial charge in [0.15, 0.2) is 0 Å². The number of hydrogen-bond acceptors (Lipinski definition) is 2. The quantitative estimate of drug-likeness (QED) is 0.882. The van der Waals surface area contributed by atoms with Gasteiger partial charge in [-0.25, -0.2) is 4.39 Å². The van der Waals surface area contributed by atoms with Crippen LogP contribution in [0.5, 0.6) is 0 Å². The van der Waals surface area contributed by atoms with Gasteiger partial charge in [-0.15, -0.1) is 0 Å². The largest absolute Gasteiger partial charge is 0.372 e. The van der Waals surface area contributed by atoms with E-state index >= 15 is 0 Å². The Labute approximate surface area is 99.7 Å². The number of piperidine rings is 1. The average Bonchev–Trinajstić information content (AvgIpc) is 2.32. The average molecular weight is 244 g/mol. The predicted octanol–water partition coefficient (Wildman–Crippen LogP) is 2.75. The lowest BCUT2D eigenvalue weighted by Gasteiger charge is -2.23. The van der Waals surface area contributed by atoms with E-state index in [0.29, 0.717) is 6.61 Å². The van der Waals surface area contributed by atoms with Gasteiger partial charge in [0.1, 0.15) is 5.82 Å². The van der Waals surface area contributed by atoms with Crippen molar-refractivity contribution in [3.8, 4) is 0 Å². The lowest BCUT2D eigenvalue weighted by molar-refractivity contribution is 0.0252. The van der Waals surface area contributed by atoms with Crippen molar-refractivity contribution in [3.63, 3.8) is 0 Å². The fraction of sp³-hybridized carbons (Fsp3) is 0.500. The molecule has 4 heteroatoms. The van der Waals surface area contributed by atoms with Crippen LogP contribution in [0.25, 0.3) is 0 Å². The highest BCUT2D eigenvalue weighted by atomic mass is 35.5. The molecule has 0 spiro atoms. The maximum Gasteiger partial charge on any atom is 0.142 e. The van der Waals surface area contributed by atoms with Gasteiger partial charge in [-0.3, -0.25) is 0 Å². The Morgan fingerprint density at radius 2 is 2.38 bits per heavy atom. The summed E-state index contributed by atoms with van der Waals surface area (Å²) in [5.41, 5.74) is 0.826. The molecular formula is C12H15ClFNO. The molecule has 0 aliphatic carbocycles. The zero-order valence-corrected chi connectivity index (χ0v) is 9.77. The normalized spacial score (nSPS) is 21.0. The molecule has 1 heterocycles. The highest BCUT2D eigenvalue weighted by molar-refractivity contribution is 6.30. The lowest BCUT2D eigenvalue weighted by atomic mass is 10.1. The smallest absolute Gasteiger partial charge is 0.142 e. The molecule has 1 saturated heterocycles. The third-order valence-corrected chi connectivity index (χ3v) is 3.03. The number of nitrogens with one attached hydrogen (secondary N) is 1. The van der Waals surface area contributed by atoms with Gasteiger partial charge < -0.3 is 10.1 Å². The monoisotopic (exact) mass is 243 g/mol. The first-order valence-electron chi connectivity index (χ1n) is 5.52. The molecule has 1 aromatic rings. The molecule has 1 atom stereocenters. The van der Waals surface area contributed by atoms with Gasteiger partial charge in [-0.1, -0.05) is 17.7 Å². The third kappa shape index (κ3) is 3.17. The number of hydrogen-bond donors (Lipinski definition) is 1. The molecule has 1 aromatic carbocycles. The molecule has 16 heavy (non-hydrogen) atoms. The standard InChI is InChI=1S/C12H15ClFNO/c13-11-4-3-9(6-12(11)14)8-16-10-2-1-5-15-7-10/h3-4,6,10,15H,1-2,5,7-8H2/t10-/m0/s1. The topological polar surface area (TPSA) is 21.3 Å². The van der Waals surface area contributed by atoms with Crippen molar-refractivity contribution in [1.29, 1.82) is 0 Å². The lowest BCUT2D eigenvalue weighted by Crippen LogP contribution is -2.35. The van der Waals surface area contributed by atoms with Crippen LogP contribution >= 0.6 is 11.6 Å². The summed E-state index contributed by atoms with van der Waals surface area (Å²) in [7, 11) is 0. The Morgan fingerprint density at radius 1 is 1.50 bits per heavy atom. The summed E-state index contributed by atoms with van der Waals surface area (Å²) in [6.07, 6.45) is 2.45. The molecule has 0 unspecified atom stereocenters. The summed E-state index contributed by atoms with van der Waals surface area (Å²) in [5.74, 6) is -0.385. The van der Waals surface area contributed by atoms with Crippen LogP contribution in [0.3, 0.4) is 0 Å². The summed E-state index contributed by atoms with van der Waals surface area (Å²) < 4.78 is 18.8. The van der Waals surface area contributed by atoms with Crippen LogP contribution < -0.4 is 5.32 Å². The molecule has 88 valence electrons. The van der Waals surface area contributed by atoms with E-state index in [1.807, 2.05) is 0 Å². The van der Waals surface area contributed by atoms with E-state index in [1.165, 1.54) is 6.07 Å². The summed E-state index contributed by atoms with van der Waals surface area (Å²) in [5, 5.41) is 3.43. The van der Waals surface area contributed by atoms with Gasteiger partial charge in [0.05, 0.1) is 17.7 Å². The number of halogens is 2. The SMILES string of the molecule is Fc1cc(CO[C@H]2CCCNC2)ccc1Cl. The predicted molar refractivity (Wildman–Crippen MR) is 62.1 cm³/mol. The van der Waals surface area contributed by atoms with Crippen LogP contribution in [0.2, 0.25) is 5.02 Å². The zero-order valence-electron chi connectivity index (χ0n) is 9.01. The number of benzene rings is 1. The first-order valence-corrected chi connectivity index (χ1v) is 5.90. The minimum atomic E-state index is -0.385. The summed E-state index contributed by atoms with van der Waals surface area (Å²) in [6.45, 7) is 2.39. The maximum atomic E-state index is 13.1. The molecule has 2 nitrogen and oxygen atoms in total. The third-order valence-electron chi connectivity index (χ3n) is 2.72. The van der Waals surface area contributed by atoms with Gasteiger partial charge in [0.2, 0.25) is 0 Å². The van der Waals surface area contributed by atoms with Crippen LogP contribution in [0, 0.1) is 5.82 Å². The van der Waals surface area contributed by atoms with E-state index in [4.69, 9.17) is 16.3 Å². The van der Waals surface area contributed by atoms with Crippen LogP contribution in [0.15, 0.2) is 18.2 Å². The van der Waals surface area contributed by atoms with Gasteiger partial charge in [0, 0.05) is 6.54 Å². The highest BCUT2D eigenvalue weighted by Crippen LogP contribution is 2.17. The van der Waals surface area contributed by atoms with Crippen molar-refractivity contribution in [2.45, 2.75) is 25.6 Å². The molecule has 1 aliphatic rings. The Balaban J connectivity index is 1.86. The second-order valence-corrected chi connectivity index (χ2v) is 4.44. The molecular weight excluding hydrogens is 229 g/mol. The summed E-state index contributed by atoms with van der Waals surface area (Å²) in [6, 6.07) is 4.79. The van der Waals surface area contributed by atoms with Crippen LogP contribution in [0.4, 0.5) is 4.39 Å². The van der Waals surface area contributed by atoms with Crippen LogP contribution in [-0.4, -0.2) is 19.2 Å². The highest BCUT2D eigenvalue weighted by Gasteiger charge is 2.13. The molecule has 0 saturated carbocycles. The van der Waals surface area contributed by atoms with E-state index in [1.54, 1.807) is 12.1 Å². The van der Waals surface area contributed by atoms with E-state index < -0.39 is 0 Å². The number of rotatable bonds is 3. The Kier molecular flexibility index (Phi) is 4.16. The molecule has 0 bridgehead atoms. The van der Waals surface area contributed by atoms with E-state index in [-0.39, 0.29) is 16.9 Å². The fourth-order valence-corrected chi connectivity index (χ4v) is 1.92. The van der Waals surface area contributed by atoms with Crippen LogP contribution in [-0.2, 0) is 11.3 Å². The van der Waals surface area contributed by atoms with E-state index in [2.05, 4.69) is 5.32 Å². The minimum absolute atomic E-state index is 0.156. The molecule has 0 aromatic heterocycles. The Morgan fingerprint density at radius 3 is 3.06 bits per heavy atom. The zero-order chi connectivity index (χ0) is 11.4. The molecule has 0 amide bonds. The van der Waals surface area contributed by atoms with Gasteiger partial charge in [0.25, 0.3) is 0 Å². The first-order chi connectivity index (χ1) is 7.75. The molecule has 1 N–H and O–H groups in total. The van der Waals surface area contributed by atoms with Crippen molar-refractivity contribution in [1.82, 2.24) is 5.32 Å². The number of ether oxygens (including phenoxy) is 1. The summed E-state index contributed by atoms with van der Waals surface area (Å²) >= 11 is 5.60. The second-order valence-electron chi connectivity index (χ2n) is 4.03. The molecule has 2 rings (SSSR count). The van der Waals surface area contributed by atoms with Crippen LogP contribution in [0.1, 0.15) is 18.4 Å². The van der Waals surface area contributed by atoms with Gasteiger partial charge in [-0.05, 0) is 37.1 Å². The fourth-order valence-electron chi connectivity index (χ4n) is 1.81. The minimum Gasteiger partial charge on any atom is -0.372 e.